The average Bonchev–Trinajstić information content (AvgIpc) is 2.69. The Kier molecular flexibility index (Phi) is 3.76. The van der Waals surface area contributed by atoms with Gasteiger partial charge in [0.25, 0.3) is 0 Å². The molecule has 1 aromatic carbocycles. The Bertz CT molecular complexity index is 502. The highest BCUT2D eigenvalue weighted by atomic mass is 35.5. The van der Waals surface area contributed by atoms with Gasteiger partial charge in [-0.1, -0.05) is 18.2 Å². The Morgan fingerprint density at radius 3 is 2.76 bits per heavy atom. The van der Waals surface area contributed by atoms with Gasteiger partial charge in [0.2, 0.25) is 0 Å². The van der Waals surface area contributed by atoms with Gasteiger partial charge >= 0.3 is 0 Å². The molecule has 0 radical (unpaired) electrons. The molecular formula is C14H18ClNS. The fraction of sp³-hybridized carbons (Fsp3) is 0.429. The lowest BCUT2D eigenvalue weighted by Gasteiger charge is -2.29. The van der Waals surface area contributed by atoms with Gasteiger partial charge in [-0.05, 0) is 43.2 Å². The molecule has 1 heterocycles. The molecule has 0 fully saturated rings. The molecule has 1 N–H and O–H groups in total. The Hall–Kier alpha value is -0.570. The first kappa shape index (κ1) is 12.9. The minimum Gasteiger partial charge on any atom is -0.306 e. The van der Waals surface area contributed by atoms with Gasteiger partial charge in [0.15, 0.2) is 0 Å². The molecule has 1 atom stereocenters. The summed E-state index contributed by atoms with van der Waals surface area (Å²) in [6, 6.07) is 8.52. The molecule has 0 saturated carbocycles. The third kappa shape index (κ3) is 2.82. The third-order valence-electron chi connectivity index (χ3n) is 3.29. The number of hydrogen-bond donors (Lipinski definition) is 1. The molecule has 0 bridgehead atoms. The molecular weight excluding hydrogens is 250 g/mol. The van der Waals surface area contributed by atoms with E-state index in [0.717, 1.165) is 6.54 Å². The van der Waals surface area contributed by atoms with Crippen LogP contribution in [0.25, 0.3) is 10.1 Å². The van der Waals surface area contributed by atoms with E-state index >= 15 is 0 Å². The molecule has 3 heteroatoms. The number of rotatable bonds is 4. The van der Waals surface area contributed by atoms with Crippen molar-refractivity contribution in [3.8, 4) is 0 Å². The molecule has 0 aliphatic carbocycles. The minimum atomic E-state index is -0.0510. The predicted molar refractivity (Wildman–Crippen MR) is 78.1 cm³/mol. The zero-order chi connectivity index (χ0) is 12.5. The van der Waals surface area contributed by atoms with E-state index in [1.54, 1.807) is 11.3 Å². The summed E-state index contributed by atoms with van der Waals surface area (Å²) < 4.78 is 1.35. The van der Waals surface area contributed by atoms with Crippen LogP contribution >= 0.6 is 22.9 Å². The van der Waals surface area contributed by atoms with Crippen molar-refractivity contribution in [2.75, 3.05) is 0 Å². The summed E-state index contributed by atoms with van der Waals surface area (Å²) >= 11 is 7.97. The van der Waals surface area contributed by atoms with Crippen LogP contribution in [0.3, 0.4) is 0 Å². The SMILES string of the molecule is CC(Cl)C(C)(C)NCc1csc2ccccc12. The van der Waals surface area contributed by atoms with Crippen molar-refractivity contribution in [3.05, 3.63) is 35.2 Å². The quantitative estimate of drug-likeness (QED) is 0.810. The maximum absolute atomic E-state index is 6.17. The lowest BCUT2D eigenvalue weighted by Crippen LogP contribution is -2.45. The number of nitrogens with one attached hydrogen (secondary N) is 1. The van der Waals surface area contributed by atoms with Crippen molar-refractivity contribution in [1.82, 2.24) is 5.32 Å². The van der Waals surface area contributed by atoms with E-state index in [-0.39, 0.29) is 10.9 Å². The van der Waals surface area contributed by atoms with Crippen LogP contribution in [0.2, 0.25) is 0 Å². The van der Waals surface area contributed by atoms with E-state index < -0.39 is 0 Å². The van der Waals surface area contributed by atoms with Crippen LogP contribution in [-0.2, 0) is 6.54 Å². The monoisotopic (exact) mass is 267 g/mol. The highest BCUT2D eigenvalue weighted by Gasteiger charge is 2.23. The van der Waals surface area contributed by atoms with E-state index in [9.17, 15) is 0 Å². The number of alkyl halides is 1. The zero-order valence-electron chi connectivity index (χ0n) is 10.5. The summed E-state index contributed by atoms with van der Waals surface area (Å²) in [6.45, 7) is 7.17. The van der Waals surface area contributed by atoms with Crippen LogP contribution in [-0.4, -0.2) is 10.9 Å². The Morgan fingerprint density at radius 1 is 1.35 bits per heavy atom. The van der Waals surface area contributed by atoms with E-state index in [2.05, 4.69) is 48.8 Å². The first-order valence-corrected chi connectivity index (χ1v) is 7.16. The molecule has 0 aliphatic heterocycles. The smallest absolute Gasteiger partial charge is 0.0484 e. The van der Waals surface area contributed by atoms with Gasteiger partial charge < -0.3 is 5.32 Å². The first-order chi connectivity index (χ1) is 8.00. The molecule has 1 unspecified atom stereocenters. The van der Waals surface area contributed by atoms with Gasteiger partial charge in [0, 0.05) is 22.2 Å². The number of fused-ring (bicyclic) bond motifs is 1. The second-order valence-electron chi connectivity index (χ2n) is 4.95. The van der Waals surface area contributed by atoms with Gasteiger partial charge in [-0.25, -0.2) is 0 Å². The van der Waals surface area contributed by atoms with Gasteiger partial charge in [-0.15, -0.1) is 22.9 Å². The van der Waals surface area contributed by atoms with E-state index in [1.807, 2.05) is 6.92 Å². The van der Waals surface area contributed by atoms with Crippen LogP contribution in [0.4, 0.5) is 0 Å². The first-order valence-electron chi connectivity index (χ1n) is 5.85. The molecule has 0 amide bonds. The summed E-state index contributed by atoms with van der Waals surface area (Å²) in [6.07, 6.45) is 0. The van der Waals surface area contributed by atoms with Gasteiger partial charge in [-0.2, -0.15) is 0 Å². The standard InChI is InChI=1S/C14H18ClNS/c1-10(15)14(2,3)16-8-11-9-17-13-7-5-4-6-12(11)13/h4-7,9-10,16H,8H2,1-3H3. The molecule has 2 aromatic rings. The normalized spacial score (nSPS) is 14.1. The maximum Gasteiger partial charge on any atom is 0.0484 e. The van der Waals surface area contributed by atoms with Crippen LogP contribution in [0.15, 0.2) is 29.6 Å². The van der Waals surface area contributed by atoms with Gasteiger partial charge in [-0.3, -0.25) is 0 Å². The summed E-state index contributed by atoms with van der Waals surface area (Å²) in [7, 11) is 0. The Morgan fingerprint density at radius 2 is 2.06 bits per heavy atom. The van der Waals surface area contributed by atoms with Crippen molar-refractivity contribution in [2.45, 2.75) is 38.2 Å². The second kappa shape index (κ2) is 4.97. The molecule has 0 saturated heterocycles. The molecule has 0 aliphatic rings. The summed E-state index contributed by atoms with van der Waals surface area (Å²) in [5.74, 6) is 0. The topological polar surface area (TPSA) is 12.0 Å². The highest BCUT2D eigenvalue weighted by Crippen LogP contribution is 2.26. The average molecular weight is 268 g/mol. The Labute approximate surface area is 112 Å². The van der Waals surface area contributed by atoms with Crippen molar-refractivity contribution in [3.63, 3.8) is 0 Å². The largest absolute Gasteiger partial charge is 0.306 e. The summed E-state index contributed by atoms with van der Waals surface area (Å²) in [4.78, 5) is 0. The highest BCUT2D eigenvalue weighted by molar-refractivity contribution is 7.17. The fourth-order valence-electron chi connectivity index (χ4n) is 1.63. The molecule has 1 nitrogen and oxygen atoms in total. The fourth-order valence-corrected chi connectivity index (χ4v) is 2.67. The van der Waals surface area contributed by atoms with Crippen molar-refractivity contribution in [2.24, 2.45) is 0 Å². The Balaban J connectivity index is 2.14. The predicted octanol–water partition coefficient (Wildman–Crippen LogP) is 4.40. The van der Waals surface area contributed by atoms with Crippen molar-refractivity contribution < 1.29 is 0 Å². The molecule has 1 aromatic heterocycles. The zero-order valence-corrected chi connectivity index (χ0v) is 12.0. The number of hydrogen-bond acceptors (Lipinski definition) is 2. The minimum absolute atomic E-state index is 0.0510. The summed E-state index contributed by atoms with van der Waals surface area (Å²) in [5.41, 5.74) is 1.31. The number of benzene rings is 1. The maximum atomic E-state index is 6.17. The molecule has 2 rings (SSSR count). The van der Waals surface area contributed by atoms with Gasteiger partial charge in [0.1, 0.15) is 0 Å². The van der Waals surface area contributed by atoms with Gasteiger partial charge in [0.05, 0.1) is 0 Å². The van der Waals surface area contributed by atoms with E-state index in [0.29, 0.717) is 0 Å². The second-order valence-corrected chi connectivity index (χ2v) is 6.51. The van der Waals surface area contributed by atoms with Crippen molar-refractivity contribution >= 4 is 33.0 Å². The van der Waals surface area contributed by atoms with E-state index in [1.165, 1.54) is 15.6 Å². The van der Waals surface area contributed by atoms with Crippen LogP contribution in [0.1, 0.15) is 26.3 Å². The molecule has 17 heavy (non-hydrogen) atoms. The lowest BCUT2D eigenvalue weighted by atomic mass is 10.0. The van der Waals surface area contributed by atoms with Crippen LogP contribution in [0.5, 0.6) is 0 Å². The third-order valence-corrected chi connectivity index (χ3v) is 4.85. The van der Waals surface area contributed by atoms with Crippen LogP contribution < -0.4 is 5.32 Å². The van der Waals surface area contributed by atoms with Crippen LogP contribution in [0, 0.1) is 0 Å². The number of halogens is 1. The molecule has 0 spiro atoms. The van der Waals surface area contributed by atoms with Crippen molar-refractivity contribution in [1.29, 1.82) is 0 Å². The van der Waals surface area contributed by atoms with E-state index in [4.69, 9.17) is 11.6 Å². The summed E-state index contributed by atoms with van der Waals surface area (Å²) in [5, 5.41) is 7.21. The number of thiophene rings is 1. The molecule has 92 valence electrons. The lowest BCUT2D eigenvalue weighted by molar-refractivity contribution is 0.381.